The third kappa shape index (κ3) is 2.45. The van der Waals surface area contributed by atoms with Crippen LogP contribution in [0.1, 0.15) is 18.7 Å². The van der Waals surface area contributed by atoms with Gasteiger partial charge in [0.1, 0.15) is 5.82 Å². The summed E-state index contributed by atoms with van der Waals surface area (Å²) in [5, 5.41) is 0.773. The number of fused-ring (bicyclic) bond motifs is 1. The Morgan fingerprint density at radius 3 is 3.24 bits per heavy atom. The van der Waals surface area contributed by atoms with E-state index in [0.717, 1.165) is 28.7 Å². The number of hydrogen-bond donors (Lipinski definition) is 0. The van der Waals surface area contributed by atoms with Gasteiger partial charge in [0.2, 0.25) is 0 Å². The minimum Gasteiger partial charge on any atom is -0.302 e. The van der Waals surface area contributed by atoms with E-state index in [4.69, 9.17) is 11.6 Å². The highest BCUT2D eigenvalue weighted by molar-refractivity contribution is 7.99. The predicted molar refractivity (Wildman–Crippen MR) is 74.0 cm³/mol. The van der Waals surface area contributed by atoms with E-state index in [1.165, 1.54) is 24.3 Å². The molecule has 17 heavy (non-hydrogen) atoms. The number of imidazole rings is 1. The zero-order chi connectivity index (χ0) is 11.7. The van der Waals surface area contributed by atoms with E-state index in [-0.39, 0.29) is 0 Å². The van der Waals surface area contributed by atoms with E-state index in [9.17, 15) is 0 Å². The van der Waals surface area contributed by atoms with Gasteiger partial charge in [-0.1, -0.05) is 11.6 Å². The lowest BCUT2D eigenvalue weighted by atomic mass is 10.0. The molecule has 0 N–H and O–H groups in total. The summed E-state index contributed by atoms with van der Waals surface area (Å²) in [7, 11) is 0. The van der Waals surface area contributed by atoms with Gasteiger partial charge in [-0.15, -0.1) is 0 Å². The maximum absolute atomic E-state index is 6.04. The highest BCUT2D eigenvalue weighted by Gasteiger charge is 2.16. The van der Waals surface area contributed by atoms with E-state index < -0.39 is 0 Å². The van der Waals surface area contributed by atoms with Gasteiger partial charge in [-0.25, -0.2) is 4.98 Å². The molecule has 0 radical (unpaired) electrons. The quantitative estimate of drug-likeness (QED) is 0.825. The van der Waals surface area contributed by atoms with Crippen LogP contribution in [-0.2, 0) is 6.42 Å². The van der Waals surface area contributed by atoms with Crippen molar-refractivity contribution in [2.75, 3.05) is 11.5 Å². The lowest BCUT2D eigenvalue weighted by Gasteiger charge is -2.20. The Hall–Kier alpha value is -0.670. The molecule has 1 aliphatic heterocycles. The number of hydrogen-bond acceptors (Lipinski definition) is 2. The monoisotopic (exact) mass is 266 g/mol. The van der Waals surface area contributed by atoms with Gasteiger partial charge in [0, 0.05) is 12.6 Å². The molecule has 1 saturated heterocycles. The average molecular weight is 267 g/mol. The maximum atomic E-state index is 6.04. The maximum Gasteiger partial charge on any atom is 0.113 e. The van der Waals surface area contributed by atoms with E-state index >= 15 is 0 Å². The van der Waals surface area contributed by atoms with E-state index in [1.807, 2.05) is 24.5 Å². The minimum absolute atomic E-state index is 0.773. The molecule has 1 atom stereocenters. The van der Waals surface area contributed by atoms with Crippen molar-refractivity contribution in [3.05, 3.63) is 35.4 Å². The fourth-order valence-corrected chi connectivity index (χ4v) is 3.71. The molecule has 4 heteroatoms. The van der Waals surface area contributed by atoms with Gasteiger partial charge in [0.05, 0.1) is 16.7 Å². The molecule has 2 nitrogen and oxygen atoms in total. The van der Waals surface area contributed by atoms with E-state index in [2.05, 4.69) is 21.1 Å². The van der Waals surface area contributed by atoms with Gasteiger partial charge in [-0.2, -0.15) is 11.8 Å². The smallest absolute Gasteiger partial charge is 0.113 e. The first-order valence-corrected chi connectivity index (χ1v) is 7.55. The van der Waals surface area contributed by atoms with Crippen molar-refractivity contribution in [2.45, 2.75) is 19.3 Å². The Labute approximate surface area is 110 Å². The van der Waals surface area contributed by atoms with Crippen LogP contribution < -0.4 is 0 Å². The lowest BCUT2D eigenvalue weighted by molar-refractivity contribution is 0.507. The molecule has 0 saturated carbocycles. The molecule has 3 heterocycles. The van der Waals surface area contributed by atoms with Crippen LogP contribution in [-0.4, -0.2) is 20.9 Å². The minimum atomic E-state index is 0.773. The first-order valence-electron chi connectivity index (χ1n) is 6.02. The Bertz CT molecular complexity index is 517. The van der Waals surface area contributed by atoms with Crippen LogP contribution in [0.25, 0.3) is 5.52 Å². The third-order valence-electron chi connectivity index (χ3n) is 3.29. The Morgan fingerprint density at radius 2 is 2.41 bits per heavy atom. The summed E-state index contributed by atoms with van der Waals surface area (Å²) in [6.07, 6.45) is 7.65. The highest BCUT2D eigenvalue weighted by atomic mass is 35.5. The second-order valence-electron chi connectivity index (χ2n) is 4.60. The molecule has 0 aromatic carbocycles. The molecule has 90 valence electrons. The Morgan fingerprint density at radius 1 is 1.47 bits per heavy atom. The van der Waals surface area contributed by atoms with Crippen molar-refractivity contribution in [2.24, 2.45) is 5.92 Å². The molecule has 0 bridgehead atoms. The number of aromatic nitrogens is 2. The number of nitrogens with zero attached hydrogens (tertiary/aromatic N) is 2. The SMILES string of the molecule is Clc1ccc2cnc(CC3CCCSC3)n2c1. The van der Waals surface area contributed by atoms with Gasteiger partial charge < -0.3 is 4.40 Å². The van der Waals surface area contributed by atoms with Crippen molar-refractivity contribution < 1.29 is 0 Å². The number of halogens is 1. The Balaban J connectivity index is 1.86. The molecule has 1 fully saturated rings. The van der Waals surface area contributed by atoms with E-state index in [1.54, 1.807) is 0 Å². The number of pyridine rings is 1. The first-order chi connectivity index (χ1) is 8.33. The zero-order valence-corrected chi connectivity index (χ0v) is 11.2. The molecule has 1 aliphatic rings. The van der Waals surface area contributed by atoms with Gasteiger partial charge >= 0.3 is 0 Å². The molecule has 2 aromatic heterocycles. The molecule has 0 aliphatic carbocycles. The zero-order valence-electron chi connectivity index (χ0n) is 9.60. The summed E-state index contributed by atoms with van der Waals surface area (Å²) in [5.74, 6) is 4.52. The third-order valence-corrected chi connectivity index (χ3v) is 4.80. The van der Waals surface area contributed by atoms with Gasteiger partial charge in [0.25, 0.3) is 0 Å². The topological polar surface area (TPSA) is 17.3 Å². The van der Waals surface area contributed by atoms with Crippen molar-refractivity contribution in [3.8, 4) is 0 Å². The number of thioether (sulfide) groups is 1. The molecule has 3 rings (SSSR count). The van der Waals surface area contributed by atoms with Gasteiger partial charge in [-0.05, 0) is 42.4 Å². The highest BCUT2D eigenvalue weighted by Crippen LogP contribution is 2.26. The van der Waals surface area contributed by atoms with E-state index in [0.29, 0.717) is 0 Å². The second-order valence-corrected chi connectivity index (χ2v) is 6.19. The van der Waals surface area contributed by atoms with Crippen LogP contribution in [0.4, 0.5) is 0 Å². The predicted octanol–water partition coefficient (Wildman–Crippen LogP) is 3.67. The van der Waals surface area contributed by atoms with Crippen LogP contribution in [0.3, 0.4) is 0 Å². The summed E-state index contributed by atoms with van der Waals surface area (Å²) >= 11 is 8.11. The fourth-order valence-electron chi connectivity index (χ4n) is 2.40. The molecule has 1 unspecified atom stereocenters. The first kappa shape index (κ1) is 11.4. The van der Waals surface area contributed by atoms with Crippen LogP contribution in [0.2, 0.25) is 5.02 Å². The fraction of sp³-hybridized carbons (Fsp3) is 0.462. The lowest BCUT2D eigenvalue weighted by Crippen LogP contribution is -2.14. The summed E-state index contributed by atoms with van der Waals surface area (Å²) in [4.78, 5) is 4.53. The number of rotatable bonds is 2. The normalized spacial score (nSPS) is 20.9. The second kappa shape index (κ2) is 4.91. The summed E-state index contributed by atoms with van der Waals surface area (Å²) in [6.45, 7) is 0. The van der Waals surface area contributed by atoms with Crippen LogP contribution in [0.5, 0.6) is 0 Å². The molecule has 0 spiro atoms. The van der Waals surface area contributed by atoms with Crippen molar-refractivity contribution in [1.82, 2.24) is 9.38 Å². The standard InChI is InChI=1S/C13H15ClN2S/c14-11-3-4-12-7-15-13(16(12)8-11)6-10-2-1-5-17-9-10/h3-4,7-8,10H,1-2,5-6,9H2. The van der Waals surface area contributed by atoms with Crippen molar-refractivity contribution >= 4 is 28.9 Å². The summed E-state index contributed by atoms with van der Waals surface area (Å²) in [5.41, 5.74) is 1.13. The van der Waals surface area contributed by atoms with Crippen LogP contribution in [0, 0.1) is 5.92 Å². The average Bonchev–Trinajstić information content (AvgIpc) is 2.73. The summed E-state index contributed by atoms with van der Waals surface area (Å²) in [6, 6.07) is 3.94. The van der Waals surface area contributed by atoms with Gasteiger partial charge in [0.15, 0.2) is 0 Å². The van der Waals surface area contributed by atoms with Gasteiger partial charge in [-0.3, -0.25) is 0 Å². The molecular weight excluding hydrogens is 252 g/mol. The van der Waals surface area contributed by atoms with Crippen LogP contribution >= 0.6 is 23.4 Å². The largest absolute Gasteiger partial charge is 0.302 e. The molecule has 0 amide bonds. The van der Waals surface area contributed by atoms with Crippen molar-refractivity contribution in [1.29, 1.82) is 0 Å². The summed E-state index contributed by atoms with van der Waals surface area (Å²) < 4.78 is 2.13. The molecular formula is C13H15ClN2S. The van der Waals surface area contributed by atoms with Crippen LogP contribution in [0.15, 0.2) is 24.5 Å². The molecule has 2 aromatic rings. The van der Waals surface area contributed by atoms with Crippen molar-refractivity contribution in [3.63, 3.8) is 0 Å². The Kier molecular flexibility index (Phi) is 3.30.